The molecule has 2 rings (SSSR count). The molecule has 2 fully saturated rings. The molecule has 11 unspecified atom stereocenters. The van der Waals surface area contributed by atoms with Crippen LogP contribution in [0.3, 0.4) is 0 Å². The lowest BCUT2D eigenvalue weighted by molar-refractivity contribution is -0.332. The molecule has 2 heterocycles. The van der Waals surface area contributed by atoms with Crippen LogP contribution in [0.2, 0.25) is 0 Å². The van der Waals surface area contributed by atoms with Gasteiger partial charge in [-0.05, 0) is 89.9 Å². The van der Waals surface area contributed by atoms with Crippen LogP contribution < -0.4 is 0 Å². The number of hydrogen-bond donors (Lipinski definition) is 7. The second-order valence-corrected chi connectivity index (χ2v) is 18.0. The lowest BCUT2D eigenvalue weighted by atomic mass is 9.98. The first-order chi connectivity index (χ1) is 34.1. The summed E-state index contributed by atoms with van der Waals surface area (Å²) in [5, 5.41) is 72.1. The molecular weight excluding hydrogens is 897 g/mol. The van der Waals surface area contributed by atoms with E-state index in [0.717, 1.165) is 122 Å². The zero-order valence-electron chi connectivity index (χ0n) is 42.5. The quantitative estimate of drug-likeness (QED) is 0.0175. The average Bonchev–Trinajstić information content (AvgIpc) is 3.36. The van der Waals surface area contributed by atoms with Gasteiger partial charge in [0.05, 0.1) is 26.4 Å². The maximum atomic E-state index is 12.9. The summed E-state index contributed by atoms with van der Waals surface area (Å²) in [5.41, 5.74) is 0. The van der Waals surface area contributed by atoms with Crippen LogP contribution in [-0.2, 0) is 33.2 Å². The Kier molecular flexibility index (Phi) is 38.2. The Hall–Kier alpha value is -3.09. The van der Waals surface area contributed by atoms with E-state index in [-0.39, 0.29) is 19.6 Å². The van der Waals surface area contributed by atoms with Crippen LogP contribution in [0.15, 0.2) is 97.2 Å². The summed E-state index contributed by atoms with van der Waals surface area (Å²) in [7, 11) is 0. The van der Waals surface area contributed by atoms with Crippen molar-refractivity contribution in [1.82, 2.24) is 0 Å². The summed E-state index contributed by atoms with van der Waals surface area (Å²) in [4.78, 5) is 12.9. The SMILES string of the molecule is CC/C=C\C/C=C\C/C=C\C/C=C\C/C=C\C/C=C\C/C=C\CCCCCCOCC(COC1OC(COC2OC(CO)C(O)C(O)C2O)C(O)C(O)C1O)OC(=O)CCCCCCC/C=C\CCC. The molecule has 2 aliphatic rings. The smallest absolute Gasteiger partial charge is 0.306 e. The van der Waals surface area contributed by atoms with Gasteiger partial charge >= 0.3 is 5.97 Å². The second-order valence-electron chi connectivity index (χ2n) is 18.0. The molecule has 400 valence electrons. The third-order valence-corrected chi connectivity index (χ3v) is 11.8. The van der Waals surface area contributed by atoms with Gasteiger partial charge < -0.3 is 64.2 Å². The van der Waals surface area contributed by atoms with Gasteiger partial charge in [0.15, 0.2) is 12.6 Å². The van der Waals surface area contributed by atoms with Crippen molar-refractivity contribution in [3.05, 3.63) is 97.2 Å². The molecule has 0 saturated carbocycles. The number of esters is 1. The molecule has 0 aromatic heterocycles. The number of unbranched alkanes of at least 4 members (excludes halogenated alkanes) is 10. The third kappa shape index (κ3) is 29.4. The van der Waals surface area contributed by atoms with Crippen molar-refractivity contribution in [3.63, 3.8) is 0 Å². The van der Waals surface area contributed by atoms with Crippen LogP contribution in [0.5, 0.6) is 0 Å². The first-order valence-electron chi connectivity index (χ1n) is 26.3. The molecule has 0 spiro atoms. The average molecular weight is 989 g/mol. The van der Waals surface area contributed by atoms with E-state index < -0.39 is 86.7 Å². The molecule has 11 atom stereocenters. The van der Waals surface area contributed by atoms with Crippen LogP contribution in [-0.4, -0.2) is 142 Å². The first kappa shape index (κ1) is 63.0. The maximum Gasteiger partial charge on any atom is 0.306 e. The van der Waals surface area contributed by atoms with Crippen LogP contribution in [0.1, 0.15) is 149 Å². The fourth-order valence-electron chi connectivity index (χ4n) is 7.56. The van der Waals surface area contributed by atoms with Crippen molar-refractivity contribution >= 4 is 5.97 Å². The Labute approximate surface area is 420 Å². The molecule has 14 heteroatoms. The molecule has 7 N–H and O–H groups in total. The Balaban J connectivity index is 1.72. The highest BCUT2D eigenvalue weighted by molar-refractivity contribution is 5.69. The molecule has 0 radical (unpaired) electrons. The summed E-state index contributed by atoms with van der Waals surface area (Å²) in [6.45, 7) is 3.40. The van der Waals surface area contributed by atoms with Crippen LogP contribution in [0, 0.1) is 0 Å². The zero-order valence-corrected chi connectivity index (χ0v) is 42.5. The fourth-order valence-corrected chi connectivity index (χ4v) is 7.56. The zero-order chi connectivity index (χ0) is 50.9. The molecule has 14 nitrogen and oxygen atoms in total. The third-order valence-electron chi connectivity index (χ3n) is 11.8. The van der Waals surface area contributed by atoms with E-state index in [9.17, 15) is 40.5 Å². The minimum atomic E-state index is -1.72. The molecular formula is C56H92O14. The van der Waals surface area contributed by atoms with E-state index in [1.165, 1.54) is 0 Å². The molecule has 70 heavy (non-hydrogen) atoms. The number of carbonyl (C=O) groups is 1. The number of aliphatic hydroxyl groups is 7. The highest BCUT2D eigenvalue weighted by Crippen LogP contribution is 2.26. The van der Waals surface area contributed by atoms with Crippen LogP contribution in [0.4, 0.5) is 0 Å². The number of hydrogen-bond acceptors (Lipinski definition) is 14. The standard InChI is InChI=1S/C56H92O14/c1-3-5-7-9-11-13-15-16-17-18-19-20-21-22-23-24-25-26-27-28-29-30-32-34-36-38-40-65-42-45(68-48(58)39-37-35-33-31-14-12-10-8-6-4-2)43-66-55-54(64)52(62)50(60)47(70-55)44-67-56-53(63)51(61)49(59)46(41-57)69-56/h5,7-8,10-11,13,16-17,19-20,22-23,25-26,28-29,45-47,49-57,59-64H,3-4,6,9,12,14-15,18,21,24,27,30-44H2,1-2H3/b7-5-,10-8-,13-11-,17-16-,20-19-,23-22-,26-25-,29-28-. The Morgan fingerprint density at radius 2 is 0.929 bits per heavy atom. The summed E-state index contributed by atoms with van der Waals surface area (Å²) in [6, 6.07) is 0. The van der Waals surface area contributed by atoms with Gasteiger partial charge in [0.25, 0.3) is 0 Å². The summed E-state index contributed by atoms with van der Waals surface area (Å²) >= 11 is 0. The topological polar surface area (TPSA) is 214 Å². The summed E-state index contributed by atoms with van der Waals surface area (Å²) < 4.78 is 34.2. The maximum absolute atomic E-state index is 12.9. The van der Waals surface area contributed by atoms with Crippen LogP contribution >= 0.6 is 0 Å². The molecule has 0 aromatic rings. The van der Waals surface area contributed by atoms with Crippen LogP contribution in [0.25, 0.3) is 0 Å². The van der Waals surface area contributed by atoms with Gasteiger partial charge in [0, 0.05) is 13.0 Å². The van der Waals surface area contributed by atoms with E-state index in [0.29, 0.717) is 13.0 Å². The normalized spacial score (nSPS) is 26.3. The highest BCUT2D eigenvalue weighted by Gasteiger charge is 2.47. The monoisotopic (exact) mass is 989 g/mol. The lowest BCUT2D eigenvalue weighted by Gasteiger charge is -2.42. The van der Waals surface area contributed by atoms with Crippen molar-refractivity contribution in [2.45, 2.75) is 216 Å². The number of ether oxygens (including phenoxy) is 6. The molecule has 0 aromatic carbocycles. The van der Waals surface area contributed by atoms with Gasteiger partial charge in [-0.2, -0.15) is 0 Å². The van der Waals surface area contributed by atoms with Crippen molar-refractivity contribution in [2.24, 2.45) is 0 Å². The van der Waals surface area contributed by atoms with E-state index in [1.54, 1.807) is 0 Å². The highest BCUT2D eigenvalue weighted by atomic mass is 16.7. The molecule has 2 aliphatic heterocycles. The van der Waals surface area contributed by atoms with Gasteiger partial charge in [0.2, 0.25) is 0 Å². The molecule has 0 aliphatic carbocycles. The van der Waals surface area contributed by atoms with Crippen molar-refractivity contribution in [1.29, 1.82) is 0 Å². The van der Waals surface area contributed by atoms with Crippen molar-refractivity contribution in [3.8, 4) is 0 Å². The predicted molar refractivity (Wildman–Crippen MR) is 274 cm³/mol. The molecule has 0 amide bonds. The fraction of sp³-hybridized carbons (Fsp3) is 0.696. The first-order valence-corrected chi connectivity index (χ1v) is 26.3. The Morgan fingerprint density at radius 3 is 1.47 bits per heavy atom. The van der Waals surface area contributed by atoms with Gasteiger partial charge in [-0.3, -0.25) is 4.79 Å². The van der Waals surface area contributed by atoms with E-state index in [2.05, 4.69) is 111 Å². The van der Waals surface area contributed by atoms with Gasteiger partial charge in [-0.25, -0.2) is 0 Å². The second kappa shape index (κ2) is 42.4. The Morgan fingerprint density at radius 1 is 0.486 bits per heavy atom. The van der Waals surface area contributed by atoms with Gasteiger partial charge in [-0.15, -0.1) is 0 Å². The van der Waals surface area contributed by atoms with Crippen molar-refractivity contribution < 1.29 is 69.0 Å². The number of allylic oxidation sites excluding steroid dienone is 16. The van der Waals surface area contributed by atoms with Gasteiger partial charge in [0.1, 0.15) is 54.9 Å². The van der Waals surface area contributed by atoms with Crippen molar-refractivity contribution in [2.75, 3.05) is 33.0 Å². The largest absolute Gasteiger partial charge is 0.457 e. The minimum absolute atomic E-state index is 0.0340. The lowest BCUT2D eigenvalue weighted by Crippen LogP contribution is -2.61. The minimum Gasteiger partial charge on any atom is -0.457 e. The number of aliphatic hydroxyl groups excluding tert-OH is 7. The Bertz CT molecular complexity index is 1520. The molecule has 2 saturated heterocycles. The van der Waals surface area contributed by atoms with E-state index >= 15 is 0 Å². The number of carbonyl (C=O) groups excluding carboxylic acids is 1. The summed E-state index contributed by atoms with van der Waals surface area (Å²) in [6.07, 6.45) is 39.1. The summed E-state index contributed by atoms with van der Waals surface area (Å²) in [5.74, 6) is -0.403. The van der Waals surface area contributed by atoms with Gasteiger partial charge in [-0.1, -0.05) is 150 Å². The van der Waals surface area contributed by atoms with E-state index in [4.69, 9.17) is 28.4 Å². The predicted octanol–water partition coefficient (Wildman–Crippen LogP) is 8.24. The van der Waals surface area contributed by atoms with E-state index in [1.807, 2.05) is 0 Å². The molecule has 0 bridgehead atoms. The number of rotatable bonds is 40.